The molecule has 2 heterocycles. The predicted octanol–water partition coefficient (Wildman–Crippen LogP) is 0.898. The Morgan fingerprint density at radius 3 is 2.31 bits per heavy atom. The molecule has 1 aromatic heterocycles. The lowest BCUT2D eigenvalue weighted by Gasteiger charge is -2.25. The van der Waals surface area contributed by atoms with E-state index in [2.05, 4.69) is 0 Å². The first-order valence-corrected chi connectivity index (χ1v) is 9.81. The van der Waals surface area contributed by atoms with Crippen LogP contribution in [0.5, 0.6) is 0 Å². The zero-order chi connectivity index (χ0) is 19.3. The van der Waals surface area contributed by atoms with E-state index in [1.165, 1.54) is 18.4 Å². The largest absolute Gasteiger partial charge is 0.330 e. The molecule has 0 aliphatic carbocycles. The Kier molecular flexibility index (Phi) is 4.44. The van der Waals surface area contributed by atoms with Crippen LogP contribution < -0.4 is 11.2 Å². The number of rotatable bonds is 3. The molecule has 140 valence electrons. The van der Waals surface area contributed by atoms with Gasteiger partial charge in [-0.25, -0.2) is 13.2 Å². The van der Waals surface area contributed by atoms with Gasteiger partial charge in [0.2, 0.25) is 10.0 Å². The first kappa shape index (κ1) is 18.6. The number of benzene rings is 1. The molecule has 26 heavy (non-hydrogen) atoms. The van der Waals surface area contributed by atoms with Crippen LogP contribution in [-0.4, -0.2) is 34.9 Å². The molecule has 0 bridgehead atoms. The van der Waals surface area contributed by atoms with Crippen molar-refractivity contribution < 1.29 is 8.42 Å². The van der Waals surface area contributed by atoms with E-state index in [0.29, 0.717) is 13.1 Å². The van der Waals surface area contributed by atoms with Crippen LogP contribution in [0.25, 0.3) is 0 Å². The van der Waals surface area contributed by atoms with E-state index < -0.39 is 21.3 Å². The summed E-state index contributed by atoms with van der Waals surface area (Å²) >= 11 is 0. The number of nitrogens with zero attached hydrogens (tertiary/aromatic N) is 3. The third-order valence-electron chi connectivity index (χ3n) is 5.15. The minimum atomic E-state index is -4.00. The second-order valence-corrected chi connectivity index (χ2v) is 9.41. The lowest BCUT2D eigenvalue weighted by molar-refractivity contribution is 0.346. The Morgan fingerprint density at radius 2 is 1.69 bits per heavy atom. The summed E-state index contributed by atoms with van der Waals surface area (Å²) in [6.45, 7) is 4.66. The molecule has 1 unspecified atom stereocenters. The number of aryl methyl sites for hydroxylation is 1. The summed E-state index contributed by atoms with van der Waals surface area (Å²) in [6.07, 6.45) is 1.11. The molecule has 0 N–H and O–H groups in total. The van der Waals surface area contributed by atoms with Crippen molar-refractivity contribution >= 4 is 10.0 Å². The third-order valence-corrected chi connectivity index (χ3v) is 6.94. The van der Waals surface area contributed by atoms with Crippen LogP contribution in [0, 0.1) is 5.41 Å². The van der Waals surface area contributed by atoms with E-state index in [-0.39, 0.29) is 16.2 Å². The summed E-state index contributed by atoms with van der Waals surface area (Å²) < 4.78 is 29.6. The number of hydrogen-bond acceptors (Lipinski definition) is 4. The molecule has 1 aliphatic rings. The van der Waals surface area contributed by atoms with Crippen molar-refractivity contribution in [2.24, 2.45) is 19.5 Å². The molecule has 1 fully saturated rings. The highest BCUT2D eigenvalue weighted by Crippen LogP contribution is 2.43. The molecular weight excluding hydrogens is 354 g/mol. The van der Waals surface area contributed by atoms with Gasteiger partial charge in [-0.3, -0.25) is 9.36 Å². The first-order chi connectivity index (χ1) is 12.1. The van der Waals surface area contributed by atoms with Crippen molar-refractivity contribution in [3.8, 4) is 0 Å². The molecule has 0 amide bonds. The van der Waals surface area contributed by atoms with E-state index in [1.54, 1.807) is 0 Å². The van der Waals surface area contributed by atoms with Gasteiger partial charge in [-0.05, 0) is 11.0 Å². The normalized spacial score (nSPS) is 20.4. The molecule has 3 rings (SSSR count). The number of hydrogen-bond donors (Lipinski definition) is 0. The van der Waals surface area contributed by atoms with Crippen molar-refractivity contribution in [2.45, 2.75) is 24.7 Å². The summed E-state index contributed by atoms with van der Waals surface area (Å²) in [7, 11) is -1.29. The van der Waals surface area contributed by atoms with E-state index in [4.69, 9.17) is 0 Å². The van der Waals surface area contributed by atoms with Gasteiger partial charge in [-0.2, -0.15) is 4.31 Å². The third kappa shape index (κ3) is 2.93. The summed E-state index contributed by atoms with van der Waals surface area (Å²) in [5, 5.41) is 0. The number of sulfonamides is 1. The fourth-order valence-electron chi connectivity index (χ4n) is 3.60. The Balaban J connectivity index is 2.05. The highest BCUT2D eigenvalue weighted by atomic mass is 32.2. The van der Waals surface area contributed by atoms with E-state index >= 15 is 0 Å². The zero-order valence-electron chi connectivity index (χ0n) is 15.3. The minimum Gasteiger partial charge on any atom is -0.302 e. The van der Waals surface area contributed by atoms with E-state index in [9.17, 15) is 18.0 Å². The molecule has 1 saturated heterocycles. The van der Waals surface area contributed by atoms with Gasteiger partial charge in [0.05, 0.1) is 0 Å². The van der Waals surface area contributed by atoms with E-state index in [1.807, 2.05) is 44.2 Å². The van der Waals surface area contributed by atoms with E-state index in [0.717, 1.165) is 20.9 Å². The summed E-state index contributed by atoms with van der Waals surface area (Å²) in [6, 6.07) is 9.78. The Bertz CT molecular complexity index is 1050. The molecule has 0 spiro atoms. The minimum absolute atomic E-state index is 0.0230. The molecular formula is C18H23N3O4S. The highest BCUT2D eigenvalue weighted by Gasteiger charge is 2.45. The molecule has 1 atom stereocenters. The van der Waals surface area contributed by atoms with Gasteiger partial charge in [0.25, 0.3) is 5.56 Å². The van der Waals surface area contributed by atoms with Gasteiger partial charge >= 0.3 is 5.69 Å². The summed E-state index contributed by atoms with van der Waals surface area (Å²) in [5.41, 5.74) is -0.559. The van der Waals surface area contributed by atoms with Crippen molar-refractivity contribution in [2.75, 3.05) is 13.1 Å². The van der Waals surface area contributed by atoms with Crippen LogP contribution in [0.15, 0.2) is 51.0 Å². The Morgan fingerprint density at radius 1 is 1.08 bits per heavy atom. The van der Waals surface area contributed by atoms with Crippen LogP contribution >= 0.6 is 0 Å². The second kappa shape index (κ2) is 6.21. The molecule has 1 aliphatic heterocycles. The van der Waals surface area contributed by atoms with Crippen molar-refractivity contribution in [1.82, 2.24) is 13.4 Å². The zero-order valence-corrected chi connectivity index (χ0v) is 16.2. The lowest BCUT2D eigenvalue weighted by atomic mass is 9.78. The Labute approximate surface area is 152 Å². The maximum Gasteiger partial charge on any atom is 0.330 e. The predicted molar refractivity (Wildman–Crippen MR) is 98.6 cm³/mol. The van der Waals surface area contributed by atoms with Gasteiger partial charge in [-0.1, -0.05) is 44.2 Å². The Hall–Kier alpha value is -2.19. The van der Waals surface area contributed by atoms with Crippen LogP contribution in [0.3, 0.4) is 0 Å². The summed E-state index contributed by atoms with van der Waals surface area (Å²) in [4.78, 5) is 23.9. The molecule has 8 heteroatoms. The second-order valence-electron chi connectivity index (χ2n) is 7.50. The monoisotopic (exact) mass is 377 g/mol. The topological polar surface area (TPSA) is 81.4 Å². The fraction of sp³-hybridized carbons (Fsp3) is 0.444. The molecule has 0 saturated carbocycles. The van der Waals surface area contributed by atoms with Crippen molar-refractivity contribution in [1.29, 1.82) is 0 Å². The lowest BCUT2D eigenvalue weighted by Crippen LogP contribution is -2.42. The van der Waals surface area contributed by atoms with Crippen LogP contribution in [0.2, 0.25) is 0 Å². The van der Waals surface area contributed by atoms with Crippen LogP contribution in [0.1, 0.15) is 25.3 Å². The maximum atomic E-state index is 13.1. The standard InChI is InChI=1S/C18H23N3O4S/c1-18(2)12-21(10-14(18)13-8-6-5-7-9-13)26(24,25)15-11-19(3)17(23)20(4)16(15)22/h5-9,11,14H,10,12H2,1-4H3. The molecule has 0 radical (unpaired) electrons. The van der Waals surface area contributed by atoms with Crippen LogP contribution in [-0.2, 0) is 24.1 Å². The first-order valence-electron chi connectivity index (χ1n) is 8.37. The SMILES string of the molecule is Cn1cc(S(=O)(=O)N2CC(c3ccccc3)C(C)(C)C2)c(=O)n(C)c1=O. The van der Waals surface area contributed by atoms with Gasteiger partial charge < -0.3 is 4.57 Å². The van der Waals surface area contributed by atoms with Gasteiger partial charge in [0, 0.05) is 39.3 Å². The summed E-state index contributed by atoms with van der Waals surface area (Å²) in [5.74, 6) is 0.0230. The smallest absolute Gasteiger partial charge is 0.302 e. The average Bonchev–Trinajstić information content (AvgIpc) is 2.93. The molecule has 2 aromatic rings. The molecule has 7 nitrogen and oxygen atoms in total. The van der Waals surface area contributed by atoms with Gasteiger partial charge in [0.1, 0.15) is 0 Å². The average molecular weight is 377 g/mol. The van der Waals surface area contributed by atoms with Crippen molar-refractivity contribution in [3.63, 3.8) is 0 Å². The van der Waals surface area contributed by atoms with Crippen molar-refractivity contribution in [3.05, 3.63) is 62.9 Å². The maximum absolute atomic E-state index is 13.1. The quantitative estimate of drug-likeness (QED) is 0.796. The van der Waals surface area contributed by atoms with Gasteiger partial charge in [0.15, 0.2) is 4.90 Å². The molecule has 1 aromatic carbocycles. The van der Waals surface area contributed by atoms with Crippen LogP contribution in [0.4, 0.5) is 0 Å². The fourth-order valence-corrected chi connectivity index (χ4v) is 5.37. The highest BCUT2D eigenvalue weighted by molar-refractivity contribution is 7.89. The number of aromatic nitrogens is 2. The van der Waals surface area contributed by atoms with Gasteiger partial charge in [-0.15, -0.1) is 0 Å².